The standard InChI is InChI=1S/C16H16F2N2O/c1-11-8-12(6-7-14(11)17)9-19-16(21)20-10-13-4-2-3-5-15(13)18/h2-8H,9-10H2,1H3,(H2,19,20,21). The second kappa shape index (κ2) is 6.83. The van der Waals surface area contributed by atoms with E-state index in [0.29, 0.717) is 11.1 Å². The second-order valence-corrected chi connectivity index (χ2v) is 4.71. The molecule has 0 radical (unpaired) electrons. The number of nitrogens with one attached hydrogen (secondary N) is 2. The number of carbonyl (C=O) groups is 1. The van der Waals surface area contributed by atoms with Crippen molar-refractivity contribution in [1.82, 2.24) is 10.6 Å². The molecular weight excluding hydrogens is 274 g/mol. The van der Waals surface area contributed by atoms with Gasteiger partial charge in [0.15, 0.2) is 0 Å². The van der Waals surface area contributed by atoms with E-state index in [4.69, 9.17) is 0 Å². The Morgan fingerprint density at radius 3 is 2.43 bits per heavy atom. The first-order valence-electron chi connectivity index (χ1n) is 6.56. The van der Waals surface area contributed by atoms with E-state index in [0.717, 1.165) is 5.56 Å². The van der Waals surface area contributed by atoms with E-state index in [2.05, 4.69) is 10.6 Å². The lowest BCUT2D eigenvalue weighted by Crippen LogP contribution is -2.34. The normalized spacial score (nSPS) is 10.2. The average Bonchev–Trinajstić information content (AvgIpc) is 2.47. The Bertz CT molecular complexity index is 644. The maximum atomic E-state index is 13.4. The van der Waals surface area contributed by atoms with Crippen molar-refractivity contribution in [2.45, 2.75) is 20.0 Å². The maximum Gasteiger partial charge on any atom is 0.315 e. The van der Waals surface area contributed by atoms with Crippen LogP contribution < -0.4 is 10.6 Å². The van der Waals surface area contributed by atoms with E-state index in [1.807, 2.05) is 0 Å². The zero-order valence-electron chi connectivity index (χ0n) is 11.6. The molecule has 21 heavy (non-hydrogen) atoms. The number of urea groups is 1. The summed E-state index contributed by atoms with van der Waals surface area (Å²) in [7, 11) is 0. The Labute approximate surface area is 122 Å². The van der Waals surface area contributed by atoms with Gasteiger partial charge in [-0.25, -0.2) is 13.6 Å². The van der Waals surface area contributed by atoms with Gasteiger partial charge in [-0.3, -0.25) is 0 Å². The number of hydrogen-bond donors (Lipinski definition) is 2. The molecule has 0 aliphatic carbocycles. The maximum absolute atomic E-state index is 13.4. The molecule has 0 spiro atoms. The monoisotopic (exact) mass is 290 g/mol. The smallest absolute Gasteiger partial charge is 0.315 e. The van der Waals surface area contributed by atoms with Crippen molar-refractivity contribution in [3.05, 3.63) is 70.8 Å². The Morgan fingerprint density at radius 1 is 1.00 bits per heavy atom. The van der Waals surface area contributed by atoms with Gasteiger partial charge in [-0.15, -0.1) is 0 Å². The van der Waals surface area contributed by atoms with Crippen molar-refractivity contribution < 1.29 is 13.6 Å². The Hall–Kier alpha value is -2.43. The molecule has 2 amide bonds. The van der Waals surface area contributed by atoms with Crippen molar-refractivity contribution in [2.75, 3.05) is 0 Å². The van der Waals surface area contributed by atoms with Gasteiger partial charge in [0.2, 0.25) is 0 Å². The van der Waals surface area contributed by atoms with Gasteiger partial charge in [0.05, 0.1) is 0 Å². The SMILES string of the molecule is Cc1cc(CNC(=O)NCc2ccccc2F)ccc1F. The van der Waals surface area contributed by atoms with Crippen LogP contribution in [0.3, 0.4) is 0 Å². The van der Waals surface area contributed by atoms with Crippen molar-refractivity contribution in [1.29, 1.82) is 0 Å². The van der Waals surface area contributed by atoms with Crippen LogP contribution in [-0.2, 0) is 13.1 Å². The van der Waals surface area contributed by atoms with E-state index in [9.17, 15) is 13.6 Å². The number of aryl methyl sites for hydroxylation is 1. The highest BCUT2D eigenvalue weighted by Crippen LogP contribution is 2.09. The first-order valence-corrected chi connectivity index (χ1v) is 6.56. The first kappa shape index (κ1) is 15.0. The number of carbonyl (C=O) groups excluding carboxylic acids is 1. The van der Waals surface area contributed by atoms with Crippen LogP contribution in [0.1, 0.15) is 16.7 Å². The summed E-state index contributed by atoms with van der Waals surface area (Å²) in [4.78, 5) is 11.6. The van der Waals surface area contributed by atoms with E-state index in [-0.39, 0.29) is 24.7 Å². The van der Waals surface area contributed by atoms with Gasteiger partial charge >= 0.3 is 6.03 Å². The molecule has 0 aliphatic rings. The second-order valence-electron chi connectivity index (χ2n) is 4.71. The Morgan fingerprint density at radius 2 is 1.71 bits per heavy atom. The van der Waals surface area contributed by atoms with Crippen LogP contribution in [0.4, 0.5) is 13.6 Å². The number of hydrogen-bond acceptors (Lipinski definition) is 1. The molecule has 110 valence electrons. The van der Waals surface area contributed by atoms with E-state index in [1.54, 1.807) is 37.3 Å². The third kappa shape index (κ3) is 4.27. The molecular formula is C16H16F2N2O. The molecule has 0 saturated carbocycles. The quantitative estimate of drug-likeness (QED) is 0.891. The molecule has 2 N–H and O–H groups in total. The fraction of sp³-hybridized carbons (Fsp3) is 0.188. The largest absolute Gasteiger partial charge is 0.334 e. The number of amides is 2. The Kier molecular flexibility index (Phi) is 4.87. The fourth-order valence-corrected chi connectivity index (χ4v) is 1.88. The van der Waals surface area contributed by atoms with Gasteiger partial charge < -0.3 is 10.6 Å². The molecule has 5 heteroatoms. The lowest BCUT2D eigenvalue weighted by atomic mass is 10.1. The molecule has 0 bridgehead atoms. The first-order chi connectivity index (χ1) is 10.1. The van der Waals surface area contributed by atoms with E-state index in [1.165, 1.54) is 12.1 Å². The van der Waals surface area contributed by atoms with Crippen molar-refractivity contribution in [3.63, 3.8) is 0 Å². The van der Waals surface area contributed by atoms with Crippen LogP contribution >= 0.6 is 0 Å². The van der Waals surface area contributed by atoms with Gasteiger partial charge in [-0.1, -0.05) is 30.3 Å². The lowest BCUT2D eigenvalue weighted by Gasteiger charge is -2.09. The third-order valence-corrected chi connectivity index (χ3v) is 3.07. The molecule has 0 aliphatic heterocycles. The molecule has 0 fully saturated rings. The third-order valence-electron chi connectivity index (χ3n) is 3.07. The highest BCUT2D eigenvalue weighted by molar-refractivity contribution is 5.73. The van der Waals surface area contributed by atoms with Crippen LogP contribution in [0.5, 0.6) is 0 Å². The highest BCUT2D eigenvalue weighted by Gasteiger charge is 2.05. The van der Waals surface area contributed by atoms with Crippen LogP contribution in [-0.4, -0.2) is 6.03 Å². The Balaban J connectivity index is 1.82. The van der Waals surface area contributed by atoms with E-state index < -0.39 is 6.03 Å². The molecule has 3 nitrogen and oxygen atoms in total. The van der Waals surface area contributed by atoms with E-state index >= 15 is 0 Å². The van der Waals surface area contributed by atoms with Gasteiger partial charge in [0.1, 0.15) is 11.6 Å². The van der Waals surface area contributed by atoms with Gasteiger partial charge in [-0.2, -0.15) is 0 Å². The van der Waals surface area contributed by atoms with Crippen LogP contribution in [0.15, 0.2) is 42.5 Å². The number of benzene rings is 2. The van der Waals surface area contributed by atoms with Crippen molar-refractivity contribution in [2.24, 2.45) is 0 Å². The summed E-state index contributed by atoms with van der Waals surface area (Å²) in [5.74, 6) is -0.630. The van der Waals surface area contributed by atoms with Crippen LogP contribution in [0.2, 0.25) is 0 Å². The summed E-state index contributed by atoms with van der Waals surface area (Å²) in [5, 5.41) is 5.21. The van der Waals surface area contributed by atoms with Gasteiger partial charge in [0, 0.05) is 18.7 Å². The van der Waals surface area contributed by atoms with Crippen molar-refractivity contribution in [3.8, 4) is 0 Å². The average molecular weight is 290 g/mol. The molecule has 2 aromatic carbocycles. The zero-order valence-corrected chi connectivity index (χ0v) is 11.6. The predicted octanol–water partition coefficient (Wildman–Crippen LogP) is 3.27. The molecule has 0 saturated heterocycles. The summed E-state index contributed by atoms with van der Waals surface area (Å²) in [6, 6.07) is 10.5. The lowest BCUT2D eigenvalue weighted by molar-refractivity contribution is 0.240. The molecule has 0 atom stereocenters. The minimum absolute atomic E-state index is 0.112. The number of halogens is 2. The van der Waals surface area contributed by atoms with Crippen LogP contribution in [0.25, 0.3) is 0 Å². The highest BCUT2D eigenvalue weighted by atomic mass is 19.1. The van der Waals surface area contributed by atoms with Gasteiger partial charge in [-0.05, 0) is 30.2 Å². The summed E-state index contributed by atoms with van der Waals surface area (Å²) in [6.07, 6.45) is 0. The summed E-state index contributed by atoms with van der Waals surface area (Å²) in [5.41, 5.74) is 1.75. The minimum Gasteiger partial charge on any atom is -0.334 e. The fourth-order valence-electron chi connectivity index (χ4n) is 1.88. The number of rotatable bonds is 4. The molecule has 0 unspecified atom stereocenters. The molecule has 2 rings (SSSR count). The molecule has 0 aromatic heterocycles. The summed E-state index contributed by atoms with van der Waals surface area (Å²) >= 11 is 0. The topological polar surface area (TPSA) is 41.1 Å². The summed E-state index contributed by atoms with van der Waals surface area (Å²) in [6.45, 7) is 2.06. The summed E-state index contributed by atoms with van der Waals surface area (Å²) < 4.78 is 26.5. The molecule has 0 heterocycles. The zero-order chi connectivity index (χ0) is 15.2. The van der Waals surface area contributed by atoms with Crippen molar-refractivity contribution >= 4 is 6.03 Å². The van der Waals surface area contributed by atoms with Gasteiger partial charge in [0.25, 0.3) is 0 Å². The minimum atomic E-state index is -0.403. The predicted molar refractivity (Wildman–Crippen MR) is 76.6 cm³/mol. The van der Waals surface area contributed by atoms with Crippen LogP contribution in [0, 0.1) is 18.6 Å². The molecule has 2 aromatic rings.